The molecule has 7 heteroatoms. The first-order chi connectivity index (χ1) is 10.1. The second kappa shape index (κ2) is 6.67. The predicted octanol–water partition coefficient (Wildman–Crippen LogP) is 1.48. The van der Waals surface area contributed by atoms with E-state index in [1.54, 1.807) is 36.1 Å². The summed E-state index contributed by atoms with van der Waals surface area (Å²) in [6, 6.07) is 6.45. The van der Waals surface area contributed by atoms with Gasteiger partial charge in [-0.25, -0.2) is 9.78 Å². The van der Waals surface area contributed by atoms with Gasteiger partial charge in [-0.15, -0.1) is 0 Å². The van der Waals surface area contributed by atoms with Crippen LogP contribution >= 0.6 is 0 Å². The molecule has 0 saturated heterocycles. The van der Waals surface area contributed by atoms with E-state index in [9.17, 15) is 9.59 Å². The standard InChI is InChI=1S/C14H15N3O4/c1-21-9-8-17-7-3-5-11(17)13(18)16-10-4-2-6-15-12(10)14(19)20/h2-7H,8-9H2,1H3,(H,16,18)(H,19,20). The van der Waals surface area contributed by atoms with E-state index in [4.69, 9.17) is 9.84 Å². The van der Waals surface area contributed by atoms with Crippen LogP contribution in [0, 0.1) is 0 Å². The van der Waals surface area contributed by atoms with Gasteiger partial charge in [0.15, 0.2) is 5.69 Å². The second-order valence-electron chi connectivity index (χ2n) is 4.24. The maximum atomic E-state index is 12.2. The number of hydrogen-bond acceptors (Lipinski definition) is 4. The zero-order valence-electron chi connectivity index (χ0n) is 11.4. The summed E-state index contributed by atoms with van der Waals surface area (Å²) < 4.78 is 6.71. The molecule has 21 heavy (non-hydrogen) atoms. The van der Waals surface area contributed by atoms with Crippen molar-refractivity contribution in [2.24, 2.45) is 0 Å². The van der Waals surface area contributed by atoms with Crippen molar-refractivity contribution in [3.05, 3.63) is 48.0 Å². The van der Waals surface area contributed by atoms with Crippen molar-refractivity contribution in [2.45, 2.75) is 6.54 Å². The van der Waals surface area contributed by atoms with Crippen molar-refractivity contribution in [1.29, 1.82) is 0 Å². The lowest BCUT2D eigenvalue weighted by Crippen LogP contribution is -2.20. The van der Waals surface area contributed by atoms with E-state index >= 15 is 0 Å². The lowest BCUT2D eigenvalue weighted by Gasteiger charge is -2.10. The Morgan fingerprint density at radius 2 is 2.19 bits per heavy atom. The van der Waals surface area contributed by atoms with Crippen LogP contribution < -0.4 is 5.32 Å². The van der Waals surface area contributed by atoms with E-state index in [-0.39, 0.29) is 11.4 Å². The minimum Gasteiger partial charge on any atom is -0.476 e. The number of hydrogen-bond donors (Lipinski definition) is 2. The molecule has 0 atom stereocenters. The number of carbonyl (C=O) groups excluding carboxylic acids is 1. The van der Waals surface area contributed by atoms with Gasteiger partial charge in [-0.2, -0.15) is 0 Å². The quantitative estimate of drug-likeness (QED) is 0.840. The average molecular weight is 289 g/mol. The number of nitrogens with one attached hydrogen (secondary N) is 1. The summed E-state index contributed by atoms with van der Waals surface area (Å²) >= 11 is 0. The number of aromatic carboxylic acids is 1. The Hall–Kier alpha value is -2.67. The van der Waals surface area contributed by atoms with Gasteiger partial charge in [0.05, 0.1) is 12.3 Å². The predicted molar refractivity (Wildman–Crippen MR) is 75.5 cm³/mol. The van der Waals surface area contributed by atoms with E-state index in [2.05, 4.69) is 10.3 Å². The Bertz CT molecular complexity index is 651. The molecule has 2 aromatic heterocycles. The number of carboxylic acids is 1. The Morgan fingerprint density at radius 3 is 2.90 bits per heavy atom. The monoisotopic (exact) mass is 289 g/mol. The molecule has 2 heterocycles. The zero-order chi connectivity index (χ0) is 15.2. The van der Waals surface area contributed by atoms with E-state index in [0.29, 0.717) is 18.8 Å². The number of rotatable bonds is 6. The third-order valence-corrected chi connectivity index (χ3v) is 2.86. The summed E-state index contributed by atoms with van der Waals surface area (Å²) in [5, 5.41) is 11.6. The summed E-state index contributed by atoms with van der Waals surface area (Å²) in [4.78, 5) is 27.0. The molecular weight excluding hydrogens is 274 g/mol. The van der Waals surface area contributed by atoms with Crippen molar-refractivity contribution < 1.29 is 19.4 Å². The number of ether oxygens (including phenoxy) is 1. The first-order valence-corrected chi connectivity index (χ1v) is 6.27. The first kappa shape index (κ1) is 14.7. The molecule has 0 spiro atoms. The summed E-state index contributed by atoms with van der Waals surface area (Å²) in [7, 11) is 1.58. The van der Waals surface area contributed by atoms with Crippen molar-refractivity contribution in [3.8, 4) is 0 Å². The Morgan fingerprint density at radius 1 is 1.38 bits per heavy atom. The fraction of sp³-hybridized carbons (Fsp3) is 0.214. The molecule has 2 N–H and O–H groups in total. The van der Waals surface area contributed by atoms with Crippen molar-refractivity contribution in [3.63, 3.8) is 0 Å². The highest BCUT2D eigenvalue weighted by Crippen LogP contribution is 2.14. The molecule has 0 saturated carbocycles. The molecule has 0 radical (unpaired) electrons. The molecule has 0 aliphatic rings. The van der Waals surface area contributed by atoms with Crippen LogP contribution in [0.25, 0.3) is 0 Å². The summed E-state index contributed by atoms with van der Waals surface area (Å²) in [6.07, 6.45) is 3.12. The number of amides is 1. The van der Waals surface area contributed by atoms with Gasteiger partial charge in [0.2, 0.25) is 0 Å². The Kier molecular flexibility index (Phi) is 4.68. The van der Waals surface area contributed by atoms with E-state index in [1.807, 2.05) is 0 Å². The summed E-state index contributed by atoms with van der Waals surface area (Å²) in [6.45, 7) is 1.01. The molecule has 2 aromatic rings. The van der Waals surface area contributed by atoms with Gasteiger partial charge in [0.1, 0.15) is 5.69 Å². The number of pyridine rings is 1. The number of anilines is 1. The van der Waals surface area contributed by atoms with Crippen LogP contribution in [0.2, 0.25) is 0 Å². The van der Waals surface area contributed by atoms with Crippen LogP contribution in [0.1, 0.15) is 21.0 Å². The van der Waals surface area contributed by atoms with Gasteiger partial charge in [-0.3, -0.25) is 4.79 Å². The van der Waals surface area contributed by atoms with Gasteiger partial charge in [0.25, 0.3) is 5.91 Å². The van der Waals surface area contributed by atoms with Gasteiger partial charge >= 0.3 is 5.97 Å². The fourth-order valence-corrected chi connectivity index (χ4v) is 1.87. The molecule has 2 rings (SSSR count). The third-order valence-electron chi connectivity index (χ3n) is 2.86. The molecule has 0 aromatic carbocycles. The lowest BCUT2D eigenvalue weighted by molar-refractivity contribution is 0.0691. The maximum Gasteiger partial charge on any atom is 0.356 e. The third kappa shape index (κ3) is 3.46. The molecule has 110 valence electrons. The van der Waals surface area contributed by atoms with E-state index < -0.39 is 11.9 Å². The van der Waals surface area contributed by atoms with Crippen molar-refractivity contribution >= 4 is 17.6 Å². The molecular formula is C14H15N3O4. The van der Waals surface area contributed by atoms with Crippen LogP contribution in [0.15, 0.2) is 36.7 Å². The number of aromatic nitrogens is 2. The summed E-state index contributed by atoms with van der Waals surface area (Å²) in [5.41, 5.74) is 0.391. The van der Waals surface area contributed by atoms with Gasteiger partial charge in [0, 0.05) is 26.0 Å². The smallest absolute Gasteiger partial charge is 0.356 e. The van der Waals surface area contributed by atoms with E-state index in [1.165, 1.54) is 12.3 Å². The topological polar surface area (TPSA) is 93.5 Å². The molecule has 0 fully saturated rings. The zero-order valence-corrected chi connectivity index (χ0v) is 11.4. The molecule has 0 aliphatic carbocycles. The molecule has 0 bridgehead atoms. The first-order valence-electron chi connectivity index (χ1n) is 6.27. The second-order valence-corrected chi connectivity index (χ2v) is 4.24. The van der Waals surface area contributed by atoms with Gasteiger partial charge < -0.3 is 19.7 Å². The number of nitrogens with zero attached hydrogens (tertiary/aromatic N) is 2. The van der Waals surface area contributed by atoms with Crippen LogP contribution in [0.4, 0.5) is 5.69 Å². The maximum absolute atomic E-state index is 12.2. The van der Waals surface area contributed by atoms with Crippen LogP contribution in [-0.2, 0) is 11.3 Å². The van der Waals surface area contributed by atoms with Crippen molar-refractivity contribution in [1.82, 2.24) is 9.55 Å². The SMILES string of the molecule is COCCn1cccc1C(=O)Nc1cccnc1C(=O)O. The van der Waals surface area contributed by atoms with E-state index in [0.717, 1.165) is 0 Å². The molecule has 0 unspecified atom stereocenters. The average Bonchev–Trinajstić information content (AvgIpc) is 2.94. The highest BCUT2D eigenvalue weighted by atomic mass is 16.5. The largest absolute Gasteiger partial charge is 0.476 e. The number of methoxy groups -OCH3 is 1. The van der Waals surface area contributed by atoms with Gasteiger partial charge in [-0.1, -0.05) is 0 Å². The molecule has 1 amide bonds. The van der Waals surface area contributed by atoms with Crippen LogP contribution in [0.3, 0.4) is 0 Å². The van der Waals surface area contributed by atoms with Crippen LogP contribution in [0.5, 0.6) is 0 Å². The highest BCUT2D eigenvalue weighted by molar-refractivity contribution is 6.06. The summed E-state index contributed by atoms with van der Waals surface area (Å²) in [5.74, 6) is -1.59. The highest BCUT2D eigenvalue weighted by Gasteiger charge is 2.16. The Balaban J connectivity index is 2.19. The van der Waals surface area contributed by atoms with Gasteiger partial charge in [-0.05, 0) is 24.3 Å². The molecule has 0 aliphatic heterocycles. The lowest BCUT2D eigenvalue weighted by atomic mass is 10.2. The molecule has 7 nitrogen and oxygen atoms in total. The normalized spacial score (nSPS) is 10.3. The fourth-order valence-electron chi connectivity index (χ4n) is 1.87. The van der Waals surface area contributed by atoms with Crippen molar-refractivity contribution in [2.75, 3.05) is 19.0 Å². The number of carboxylic acid groups (broad SMARTS) is 1. The minimum absolute atomic E-state index is 0.162. The Labute approximate surface area is 121 Å². The number of carbonyl (C=O) groups is 2. The minimum atomic E-state index is -1.19. The van der Waals surface area contributed by atoms with Crippen LogP contribution in [-0.4, -0.2) is 40.3 Å².